The van der Waals surface area contributed by atoms with E-state index in [1.54, 1.807) is 24.3 Å². The summed E-state index contributed by atoms with van der Waals surface area (Å²) >= 11 is 0. The van der Waals surface area contributed by atoms with Gasteiger partial charge in [-0.2, -0.15) is 0 Å². The molecule has 0 saturated heterocycles. The Hall–Kier alpha value is -2.04. The van der Waals surface area contributed by atoms with Crippen molar-refractivity contribution in [1.29, 1.82) is 0 Å². The van der Waals surface area contributed by atoms with Gasteiger partial charge in [0, 0.05) is 13.0 Å². The first-order valence-corrected chi connectivity index (χ1v) is 6.80. The number of aliphatic carboxylic acids is 1. The van der Waals surface area contributed by atoms with Crippen LogP contribution in [0.4, 0.5) is 0 Å². The number of carboxylic acids is 1. The molecule has 1 amide bonds. The van der Waals surface area contributed by atoms with E-state index in [4.69, 9.17) is 5.11 Å². The fraction of sp³-hybridized carbons (Fsp3) is 0.467. The van der Waals surface area contributed by atoms with Crippen LogP contribution in [0.1, 0.15) is 37.7 Å². The number of phenolic OH excluding ortho intramolecular Hbond substituents is 1. The van der Waals surface area contributed by atoms with Gasteiger partial charge >= 0.3 is 5.97 Å². The Balaban J connectivity index is 1.89. The molecule has 0 unspecified atom stereocenters. The van der Waals surface area contributed by atoms with Crippen LogP contribution in [0, 0.1) is 5.41 Å². The molecule has 3 N–H and O–H groups in total. The standard InChI is InChI=1S/C15H19NO4/c17-12-5-3-11(4-6-12)10-16-13(18)9-15(14(19)20)7-1-2-8-15/h3-6,17H,1-2,7-10H2,(H,16,18)(H,19,20). The van der Waals surface area contributed by atoms with Crippen molar-refractivity contribution in [2.24, 2.45) is 5.41 Å². The van der Waals surface area contributed by atoms with Gasteiger partial charge in [0.05, 0.1) is 5.41 Å². The van der Waals surface area contributed by atoms with E-state index in [-0.39, 0.29) is 18.1 Å². The van der Waals surface area contributed by atoms with E-state index in [0.717, 1.165) is 18.4 Å². The van der Waals surface area contributed by atoms with Crippen molar-refractivity contribution in [2.45, 2.75) is 38.6 Å². The quantitative estimate of drug-likeness (QED) is 0.768. The topological polar surface area (TPSA) is 86.6 Å². The molecular formula is C15H19NO4. The molecular weight excluding hydrogens is 258 g/mol. The maximum Gasteiger partial charge on any atom is 0.310 e. The fourth-order valence-electron chi connectivity index (χ4n) is 2.70. The Kier molecular flexibility index (Phi) is 4.27. The predicted octanol–water partition coefficient (Wildman–Crippen LogP) is 2.04. The summed E-state index contributed by atoms with van der Waals surface area (Å²) < 4.78 is 0. The van der Waals surface area contributed by atoms with Gasteiger partial charge in [-0.3, -0.25) is 9.59 Å². The zero-order valence-electron chi connectivity index (χ0n) is 11.3. The lowest BCUT2D eigenvalue weighted by atomic mass is 9.82. The number of benzene rings is 1. The lowest BCUT2D eigenvalue weighted by molar-refractivity contribution is -0.151. The average Bonchev–Trinajstić information content (AvgIpc) is 2.88. The lowest BCUT2D eigenvalue weighted by Crippen LogP contribution is -2.35. The van der Waals surface area contributed by atoms with Crippen LogP contribution in [0.2, 0.25) is 0 Å². The van der Waals surface area contributed by atoms with E-state index < -0.39 is 11.4 Å². The van der Waals surface area contributed by atoms with Gasteiger partial charge in [0.25, 0.3) is 0 Å². The molecule has 0 atom stereocenters. The average molecular weight is 277 g/mol. The van der Waals surface area contributed by atoms with Gasteiger partial charge in [-0.1, -0.05) is 25.0 Å². The number of hydrogen-bond acceptors (Lipinski definition) is 3. The molecule has 1 aromatic rings. The van der Waals surface area contributed by atoms with E-state index in [9.17, 15) is 14.7 Å². The molecule has 1 aromatic carbocycles. The summed E-state index contributed by atoms with van der Waals surface area (Å²) in [5.41, 5.74) is -0.00841. The monoisotopic (exact) mass is 277 g/mol. The fourth-order valence-corrected chi connectivity index (χ4v) is 2.70. The van der Waals surface area contributed by atoms with Crippen molar-refractivity contribution in [3.05, 3.63) is 29.8 Å². The molecule has 0 bridgehead atoms. The summed E-state index contributed by atoms with van der Waals surface area (Å²) in [4.78, 5) is 23.3. The van der Waals surface area contributed by atoms with E-state index in [1.807, 2.05) is 0 Å². The number of carbonyl (C=O) groups is 2. The smallest absolute Gasteiger partial charge is 0.310 e. The van der Waals surface area contributed by atoms with Crippen LogP contribution in [-0.2, 0) is 16.1 Å². The molecule has 1 aliphatic rings. The van der Waals surface area contributed by atoms with Crippen molar-refractivity contribution in [2.75, 3.05) is 0 Å². The van der Waals surface area contributed by atoms with Crippen LogP contribution in [0.25, 0.3) is 0 Å². The summed E-state index contributed by atoms with van der Waals surface area (Å²) in [5, 5.41) is 21.2. The Morgan fingerprint density at radius 2 is 1.75 bits per heavy atom. The van der Waals surface area contributed by atoms with Crippen molar-refractivity contribution in [1.82, 2.24) is 5.32 Å². The summed E-state index contributed by atoms with van der Waals surface area (Å²) in [7, 11) is 0. The second-order valence-corrected chi connectivity index (χ2v) is 5.41. The Morgan fingerprint density at radius 3 is 2.30 bits per heavy atom. The normalized spacial score (nSPS) is 16.8. The molecule has 0 heterocycles. The minimum atomic E-state index is -0.876. The first-order valence-electron chi connectivity index (χ1n) is 6.80. The van der Waals surface area contributed by atoms with Gasteiger partial charge < -0.3 is 15.5 Å². The highest BCUT2D eigenvalue weighted by atomic mass is 16.4. The highest BCUT2D eigenvalue weighted by Gasteiger charge is 2.42. The van der Waals surface area contributed by atoms with Gasteiger partial charge in [0.2, 0.25) is 5.91 Å². The number of phenols is 1. The number of carbonyl (C=O) groups excluding carboxylic acids is 1. The number of aromatic hydroxyl groups is 1. The van der Waals surface area contributed by atoms with Gasteiger partial charge in [-0.05, 0) is 30.5 Å². The molecule has 5 nitrogen and oxygen atoms in total. The Labute approximate surface area is 117 Å². The third kappa shape index (κ3) is 3.29. The second-order valence-electron chi connectivity index (χ2n) is 5.41. The molecule has 1 fully saturated rings. The maximum absolute atomic E-state index is 11.9. The number of amides is 1. The number of rotatable bonds is 5. The van der Waals surface area contributed by atoms with Crippen molar-refractivity contribution in [3.63, 3.8) is 0 Å². The van der Waals surface area contributed by atoms with Gasteiger partial charge in [-0.15, -0.1) is 0 Å². The Bertz CT molecular complexity index is 489. The molecule has 0 aromatic heterocycles. The highest BCUT2D eigenvalue weighted by molar-refractivity contribution is 5.85. The molecule has 20 heavy (non-hydrogen) atoms. The molecule has 0 spiro atoms. The van der Waals surface area contributed by atoms with E-state index in [1.165, 1.54) is 0 Å². The first kappa shape index (κ1) is 14.4. The van der Waals surface area contributed by atoms with Crippen molar-refractivity contribution >= 4 is 11.9 Å². The molecule has 2 rings (SSSR count). The van der Waals surface area contributed by atoms with Gasteiger partial charge in [-0.25, -0.2) is 0 Å². The van der Waals surface area contributed by atoms with E-state index in [0.29, 0.717) is 19.4 Å². The largest absolute Gasteiger partial charge is 0.508 e. The molecule has 0 radical (unpaired) electrons. The number of hydrogen-bond donors (Lipinski definition) is 3. The molecule has 5 heteroatoms. The van der Waals surface area contributed by atoms with E-state index >= 15 is 0 Å². The molecule has 0 aliphatic heterocycles. The van der Waals surface area contributed by atoms with Gasteiger partial charge in [0.1, 0.15) is 5.75 Å². The minimum Gasteiger partial charge on any atom is -0.508 e. The number of nitrogens with one attached hydrogen (secondary N) is 1. The highest BCUT2D eigenvalue weighted by Crippen LogP contribution is 2.41. The minimum absolute atomic E-state index is 0.0421. The molecule has 1 aliphatic carbocycles. The summed E-state index contributed by atoms with van der Waals surface area (Å²) in [5.74, 6) is -0.923. The van der Waals surface area contributed by atoms with Crippen LogP contribution in [-0.4, -0.2) is 22.1 Å². The van der Waals surface area contributed by atoms with Crippen LogP contribution in [0.5, 0.6) is 5.75 Å². The first-order chi connectivity index (χ1) is 9.52. The van der Waals surface area contributed by atoms with Crippen LogP contribution < -0.4 is 5.32 Å². The second kappa shape index (κ2) is 5.94. The molecule has 1 saturated carbocycles. The maximum atomic E-state index is 11.9. The van der Waals surface area contributed by atoms with E-state index in [2.05, 4.69) is 5.32 Å². The third-order valence-electron chi connectivity index (χ3n) is 3.94. The predicted molar refractivity (Wildman–Crippen MR) is 73.1 cm³/mol. The lowest BCUT2D eigenvalue weighted by Gasteiger charge is -2.22. The molecule has 108 valence electrons. The zero-order valence-corrected chi connectivity index (χ0v) is 11.3. The van der Waals surface area contributed by atoms with Gasteiger partial charge in [0.15, 0.2) is 0 Å². The summed E-state index contributed by atoms with van der Waals surface area (Å²) in [6, 6.07) is 6.55. The van der Waals surface area contributed by atoms with Crippen molar-refractivity contribution < 1.29 is 19.8 Å². The Morgan fingerprint density at radius 1 is 1.15 bits per heavy atom. The summed E-state index contributed by atoms with van der Waals surface area (Å²) in [6.07, 6.45) is 2.94. The van der Waals surface area contributed by atoms with Crippen LogP contribution in [0.3, 0.4) is 0 Å². The third-order valence-corrected chi connectivity index (χ3v) is 3.94. The summed E-state index contributed by atoms with van der Waals surface area (Å²) in [6.45, 7) is 0.342. The van der Waals surface area contributed by atoms with Crippen molar-refractivity contribution in [3.8, 4) is 5.75 Å². The zero-order chi connectivity index (χ0) is 14.6. The van der Waals surface area contributed by atoms with Crippen LogP contribution in [0.15, 0.2) is 24.3 Å². The number of carboxylic acid groups (broad SMARTS) is 1. The SMILES string of the molecule is O=C(CC1(C(=O)O)CCCC1)NCc1ccc(O)cc1. The van der Waals surface area contributed by atoms with Crippen LogP contribution >= 0.6 is 0 Å².